The van der Waals surface area contributed by atoms with Crippen molar-refractivity contribution < 1.29 is 9.53 Å². The molecule has 1 aliphatic heterocycles. The molecule has 12 heavy (non-hydrogen) atoms. The molecule has 0 spiro atoms. The van der Waals surface area contributed by atoms with Gasteiger partial charge < -0.3 is 10.1 Å². The number of carbonyl (C=O) groups excluding carboxylic acids is 1. The number of ether oxygens (including phenoxy) is 1. The molecule has 0 bridgehead atoms. The lowest BCUT2D eigenvalue weighted by atomic mass is 10.1. The van der Waals surface area contributed by atoms with Gasteiger partial charge in [-0.3, -0.25) is 4.79 Å². The first-order valence-corrected chi connectivity index (χ1v) is 4.37. The number of terminal acetylenes is 1. The van der Waals surface area contributed by atoms with Gasteiger partial charge in [0.2, 0.25) is 0 Å². The van der Waals surface area contributed by atoms with Crippen LogP contribution in [0.25, 0.3) is 0 Å². The summed E-state index contributed by atoms with van der Waals surface area (Å²) < 4.78 is 5.08. The fourth-order valence-electron chi connectivity index (χ4n) is 1.16. The molecule has 1 heterocycles. The van der Waals surface area contributed by atoms with Crippen LogP contribution in [0.3, 0.4) is 0 Å². The summed E-state index contributed by atoms with van der Waals surface area (Å²) in [5, 5.41) is 3.05. The van der Waals surface area contributed by atoms with Crippen molar-refractivity contribution in [1.29, 1.82) is 0 Å². The summed E-state index contributed by atoms with van der Waals surface area (Å²) in [5.41, 5.74) is -0.722. The molecule has 0 radical (unpaired) electrons. The van der Waals surface area contributed by atoms with E-state index in [1.807, 2.05) is 0 Å². The molecular weight excluding hydrogens is 174 g/mol. The Balaban J connectivity index is 2.57. The molecule has 1 rings (SSSR count). The van der Waals surface area contributed by atoms with Gasteiger partial charge in [-0.05, 0) is 0 Å². The summed E-state index contributed by atoms with van der Waals surface area (Å²) in [5.74, 6) is 2.21. The number of thiol groups is 1. The Morgan fingerprint density at radius 2 is 2.58 bits per heavy atom. The molecule has 0 aromatic carbocycles. The summed E-state index contributed by atoms with van der Waals surface area (Å²) in [6.07, 6.45) is 5.96. The Morgan fingerprint density at radius 1 is 1.83 bits per heavy atom. The van der Waals surface area contributed by atoms with Crippen LogP contribution in [0.2, 0.25) is 0 Å². The summed E-state index contributed by atoms with van der Waals surface area (Å²) in [6, 6.07) is 0. The van der Waals surface area contributed by atoms with Crippen LogP contribution in [0, 0.1) is 12.3 Å². The van der Waals surface area contributed by atoms with Crippen LogP contribution in [-0.2, 0) is 9.53 Å². The zero-order valence-corrected chi connectivity index (χ0v) is 7.56. The van der Waals surface area contributed by atoms with Crippen molar-refractivity contribution in [2.45, 2.75) is 12.0 Å². The highest BCUT2D eigenvalue weighted by Gasteiger charge is 2.35. The van der Waals surface area contributed by atoms with Gasteiger partial charge >= 0.3 is 5.97 Å². The average molecular weight is 185 g/mol. The Hall–Kier alpha value is -0.660. The highest BCUT2D eigenvalue weighted by atomic mass is 32.1. The van der Waals surface area contributed by atoms with Crippen LogP contribution < -0.4 is 5.32 Å². The lowest BCUT2D eigenvalue weighted by molar-refractivity contribution is -0.149. The van der Waals surface area contributed by atoms with E-state index in [1.54, 1.807) is 0 Å². The molecule has 1 aliphatic rings. The van der Waals surface area contributed by atoms with Crippen molar-refractivity contribution in [2.75, 3.05) is 18.8 Å². The minimum absolute atomic E-state index is 0.0728. The lowest BCUT2D eigenvalue weighted by Crippen LogP contribution is -2.36. The molecule has 1 saturated heterocycles. The molecule has 3 nitrogen and oxygen atoms in total. The van der Waals surface area contributed by atoms with Crippen LogP contribution >= 0.6 is 12.6 Å². The third-order valence-electron chi connectivity index (χ3n) is 1.82. The smallest absolute Gasteiger partial charge is 0.317 e. The fourth-order valence-corrected chi connectivity index (χ4v) is 1.22. The highest BCUT2D eigenvalue weighted by Crippen LogP contribution is 2.18. The zero-order chi connectivity index (χ0) is 9.03. The first-order valence-electron chi connectivity index (χ1n) is 3.74. The van der Waals surface area contributed by atoms with Gasteiger partial charge in [0.25, 0.3) is 0 Å². The van der Waals surface area contributed by atoms with Crippen molar-refractivity contribution >= 4 is 18.6 Å². The van der Waals surface area contributed by atoms with Gasteiger partial charge in [0, 0.05) is 19.5 Å². The topological polar surface area (TPSA) is 38.3 Å². The first-order chi connectivity index (χ1) is 5.72. The minimum atomic E-state index is -0.722. The first kappa shape index (κ1) is 9.43. The molecule has 0 aromatic heterocycles. The Labute approximate surface area is 77.3 Å². The monoisotopic (exact) mass is 185 g/mol. The standard InChI is InChI=1S/C8H11NO2S/c1-2-8(3-4-9-6-8)11-7(10)5-12/h1,9,12H,3-6H2. The molecule has 0 aliphatic carbocycles. The molecule has 0 aromatic rings. The highest BCUT2D eigenvalue weighted by molar-refractivity contribution is 7.81. The van der Waals surface area contributed by atoms with Crippen LogP contribution in [0.4, 0.5) is 0 Å². The van der Waals surface area contributed by atoms with Crippen LogP contribution in [0.5, 0.6) is 0 Å². The van der Waals surface area contributed by atoms with Gasteiger partial charge in [0.15, 0.2) is 5.60 Å². The molecule has 1 fully saturated rings. The molecule has 0 saturated carbocycles. The maximum absolute atomic E-state index is 10.9. The molecule has 1 N–H and O–H groups in total. The van der Waals surface area contributed by atoms with Gasteiger partial charge in [0.05, 0.1) is 5.75 Å². The molecule has 1 unspecified atom stereocenters. The van der Waals surface area contributed by atoms with Crippen molar-refractivity contribution in [2.24, 2.45) is 0 Å². The Kier molecular flexibility index (Phi) is 3.01. The second-order valence-corrected chi connectivity index (χ2v) is 3.01. The van der Waals surface area contributed by atoms with Gasteiger partial charge in [-0.2, -0.15) is 12.6 Å². The van der Waals surface area contributed by atoms with Crippen molar-refractivity contribution in [3.8, 4) is 12.3 Å². The van der Waals surface area contributed by atoms with E-state index in [0.717, 1.165) is 6.54 Å². The summed E-state index contributed by atoms with van der Waals surface area (Å²) >= 11 is 3.80. The lowest BCUT2D eigenvalue weighted by Gasteiger charge is -2.21. The van der Waals surface area contributed by atoms with Crippen molar-refractivity contribution in [1.82, 2.24) is 5.32 Å². The van der Waals surface area contributed by atoms with Gasteiger partial charge in [0.1, 0.15) is 0 Å². The Bertz CT molecular complexity index is 216. The molecule has 0 amide bonds. The molecule has 4 heteroatoms. The summed E-state index contributed by atoms with van der Waals surface area (Å²) in [4.78, 5) is 10.9. The predicted octanol–water partition coefficient (Wildman–Crippen LogP) is -0.175. The van der Waals surface area contributed by atoms with E-state index in [4.69, 9.17) is 11.2 Å². The average Bonchev–Trinajstić information content (AvgIpc) is 2.54. The maximum atomic E-state index is 10.9. The number of nitrogens with one attached hydrogen (secondary N) is 1. The Morgan fingerprint density at radius 3 is 3.00 bits per heavy atom. The van der Waals surface area contributed by atoms with E-state index < -0.39 is 5.60 Å². The second kappa shape index (κ2) is 3.83. The van der Waals surface area contributed by atoms with E-state index in [2.05, 4.69) is 23.9 Å². The van der Waals surface area contributed by atoms with Crippen LogP contribution in [0.15, 0.2) is 0 Å². The van der Waals surface area contributed by atoms with E-state index in [0.29, 0.717) is 13.0 Å². The number of hydrogen-bond donors (Lipinski definition) is 2. The predicted molar refractivity (Wildman–Crippen MR) is 49.0 cm³/mol. The third kappa shape index (κ3) is 1.93. The normalized spacial score (nSPS) is 28.0. The maximum Gasteiger partial charge on any atom is 0.317 e. The zero-order valence-electron chi connectivity index (χ0n) is 6.67. The minimum Gasteiger partial charge on any atom is -0.444 e. The number of carbonyl (C=O) groups is 1. The number of esters is 1. The van der Waals surface area contributed by atoms with E-state index >= 15 is 0 Å². The van der Waals surface area contributed by atoms with E-state index in [-0.39, 0.29) is 11.7 Å². The summed E-state index contributed by atoms with van der Waals surface area (Å²) in [6.45, 7) is 1.34. The second-order valence-electron chi connectivity index (χ2n) is 2.70. The van der Waals surface area contributed by atoms with Gasteiger partial charge in [-0.1, -0.05) is 5.92 Å². The number of rotatable bonds is 2. The number of hydrogen-bond acceptors (Lipinski definition) is 4. The van der Waals surface area contributed by atoms with E-state index in [1.165, 1.54) is 0 Å². The third-order valence-corrected chi connectivity index (χ3v) is 2.08. The SMILES string of the molecule is C#CC1(OC(=O)CS)CCNC1. The van der Waals surface area contributed by atoms with Crippen LogP contribution in [0.1, 0.15) is 6.42 Å². The van der Waals surface area contributed by atoms with Gasteiger partial charge in [-0.15, -0.1) is 6.42 Å². The fraction of sp³-hybridized carbons (Fsp3) is 0.625. The molecule has 66 valence electrons. The van der Waals surface area contributed by atoms with Crippen molar-refractivity contribution in [3.63, 3.8) is 0 Å². The molecule has 1 atom stereocenters. The van der Waals surface area contributed by atoms with Crippen molar-refractivity contribution in [3.05, 3.63) is 0 Å². The van der Waals surface area contributed by atoms with Crippen LogP contribution in [-0.4, -0.2) is 30.4 Å². The van der Waals surface area contributed by atoms with Gasteiger partial charge in [-0.25, -0.2) is 0 Å². The van der Waals surface area contributed by atoms with E-state index in [9.17, 15) is 4.79 Å². The quantitative estimate of drug-likeness (QED) is 0.356. The molecular formula is C8H11NO2S. The summed E-state index contributed by atoms with van der Waals surface area (Å²) in [7, 11) is 0. The largest absolute Gasteiger partial charge is 0.444 e.